The second-order valence-electron chi connectivity index (χ2n) is 4.23. The van der Waals surface area contributed by atoms with Crippen molar-refractivity contribution in [3.05, 3.63) is 30.3 Å². The van der Waals surface area contributed by atoms with Crippen molar-refractivity contribution in [1.82, 2.24) is 30.8 Å². The highest BCUT2D eigenvalue weighted by atomic mass is 32.2. The molecule has 116 valence electrons. The largest absolute Gasteiger partial charge is 0.355 e. The number of carbonyl (C=O) groups excluding carboxylic acids is 2. The van der Waals surface area contributed by atoms with Gasteiger partial charge in [0.2, 0.25) is 17.0 Å². The summed E-state index contributed by atoms with van der Waals surface area (Å²) in [6.07, 6.45) is 0. The van der Waals surface area contributed by atoms with Crippen LogP contribution in [0.2, 0.25) is 0 Å². The van der Waals surface area contributed by atoms with E-state index in [1.807, 2.05) is 37.3 Å². The molecule has 1 aromatic carbocycles. The highest BCUT2D eigenvalue weighted by Gasteiger charge is 2.11. The van der Waals surface area contributed by atoms with Crippen molar-refractivity contribution >= 4 is 23.6 Å². The third kappa shape index (κ3) is 4.55. The van der Waals surface area contributed by atoms with Crippen LogP contribution in [0, 0.1) is 0 Å². The van der Waals surface area contributed by atoms with Gasteiger partial charge in [0.15, 0.2) is 0 Å². The summed E-state index contributed by atoms with van der Waals surface area (Å²) in [6.45, 7) is 2.32. The number of nitrogens with zero attached hydrogens (tertiary/aromatic N) is 4. The molecule has 0 spiro atoms. The Morgan fingerprint density at radius 2 is 1.95 bits per heavy atom. The first-order chi connectivity index (χ1) is 10.7. The summed E-state index contributed by atoms with van der Waals surface area (Å²) in [6, 6.07) is 9.40. The minimum Gasteiger partial charge on any atom is -0.355 e. The SMILES string of the molecule is CCNC(=O)CNC(=O)CSc1nnnn1-c1ccccc1. The van der Waals surface area contributed by atoms with Crippen molar-refractivity contribution in [3.8, 4) is 5.69 Å². The summed E-state index contributed by atoms with van der Waals surface area (Å²) in [5.74, 6) is -0.332. The first-order valence-electron chi connectivity index (χ1n) is 6.70. The zero-order chi connectivity index (χ0) is 15.8. The second-order valence-corrected chi connectivity index (χ2v) is 5.17. The number of carbonyl (C=O) groups is 2. The molecular weight excluding hydrogens is 304 g/mol. The standard InChI is InChI=1S/C13H16N6O2S/c1-2-14-11(20)8-15-12(21)9-22-13-16-17-18-19(13)10-6-4-3-5-7-10/h3-7H,2,8-9H2,1H3,(H,14,20)(H,15,21). The Morgan fingerprint density at radius 3 is 2.68 bits per heavy atom. The first kappa shape index (κ1) is 16.0. The Hall–Kier alpha value is -2.42. The lowest BCUT2D eigenvalue weighted by atomic mass is 10.3. The molecule has 22 heavy (non-hydrogen) atoms. The molecule has 0 bridgehead atoms. The minimum absolute atomic E-state index is 0.0309. The van der Waals surface area contributed by atoms with Crippen LogP contribution in [0.15, 0.2) is 35.5 Å². The maximum absolute atomic E-state index is 11.7. The molecule has 0 radical (unpaired) electrons. The van der Waals surface area contributed by atoms with Gasteiger partial charge >= 0.3 is 0 Å². The van der Waals surface area contributed by atoms with Crippen molar-refractivity contribution in [3.63, 3.8) is 0 Å². The topological polar surface area (TPSA) is 102 Å². The Morgan fingerprint density at radius 1 is 1.18 bits per heavy atom. The van der Waals surface area contributed by atoms with Gasteiger partial charge in [-0.05, 0) is 29.5 Å². The molecule has 0 aliphatic heterocycles. The number of benzene rings is 1. The number of likely N-dealkylation sites (N-methyl/N-ethyl adjacent to an activating group) is 1. The Labute approximate surface area is 131 Å². The van der Waals surface area contributed by atoms with Crippen molar-refractivity contribution in [2.24, 2.45) is 0 Å². The quantitative estimate of drug-likeness (QED) is 0.697. The number of nitrogens with one attached hydrogen (secondary N) is 2. The predicted molar refractivity (Wildman–Crippen MR) is 81.6 cm³/mol. The molecule has 1 heterocycles. The van der Waals surface area contributed by atoms with E-state index >= 15 is 0 Å². The summed E-state index contributed by atoms with van der Waals surface area (Å²) in [5.41, 5.74) is 0.817. The molecule has 1 aromatic heterocycles. The zero-order valence-corrected chi connectivity index (χ0v) is 12.8. The lowest BCUT2D eigenvalue weighted by Crippen LogP contribution is -2.37. The number of tetrazole rings is 1. The van der Waals surface area contributed by atoms with Crippen molar-refractivity contribution in [2.45, 2.75) is 12.1 Å². The monoisotopic (exact) mass is 320 g/mol. The van der Waals surface area contributed by atoms with E-state index in [9.17, 15) is 9.59 Å². The summed E-state index contributed by atoms with van der Waals surface area (Å²) in [7, 11) is 0. The molecule has 0 fully saturated rings. The van der Waals surface area contributed by atoms with Crippen LogP contribution >= 0.6 is 11.8 Å². The number of para-hydroxylation sites is 1. The number of amides is 2. The molecule has 0 atom stereocenters. The average molecular weight is 320 g/mol. The van der Waals surface area contributed by atoms with Gasteiger partial charge in [-0.25, -0.2) is 0 Å². The molecule has 2 amide bonds. The van der Waals surface area contributed by atoms with Crippen LogP contribution in [-0.2, 0) is 9.59 Å². The van der Waals surface area contributed by atoms with E-state index in [1.54, 1.807) is 4.68 Å². The third-order valence-electron chi connectivity index (χ3n) is 2.59. The van der Waals surface area contributed by atoms with E-state index in [4.69, 9.17) is 0 Å². The fraction of sp³-hybridized carbons (Fsp3) is 0.308. The fourth-order valence-corrected chi connectivity index (χ4v) is 2.34. The lowest BCUT2D eigenvalue weighted by molar-refractivity contribution is -0.124. The van der Waals surface area contributed by atoms with Gasteiger partial charge in [0.25, 0.3) is 0 Å². The fourth-order valence-electron chi connectivity index (χ4n) is 1.62. The van der Waals surface area contributed by atoms with Gasteiger partial charge in [0.05, 0.1) is 18.0 Å². The Balaban J connectivity index is 1.86. The molecule has 0 unspecified atom stereocenters. The van der Waals surface area contributed by atoms with E-state index in [0.29, 0.717) is 11.7 Å². The van der Waals surface area contributed by atoms with Crippen LogP contribution in [0.4, 0.5) is 0 Å². The van der Waals surface area contributed by atoms with Crippen LogP contribution in [0.1, 0.15) is 6.92 Å². The summed E-state index contributed by atoms with van der Waals surface area (Å²) in [4.78, 5) is 23.0. The van der Waals surface area contributed by atoms with Gasteiger partial charge in [-0.1, -0.05) is 30.0 Å². The molecule has 8 nitrogen and oxygen atoms in total. The van der Waals surface area contributed by atoms with Gasteiger partial charge < -0.3 is 10.6 Å². The van der Waals surface area contributed by atoms with Crippen LogP contribution in [0.3, 0.4) is 0 Å². The van der Waals surface area contributed by atoms with Gasteiger partial charge in [0, 0.05) is 6.54 Å². The highest BCUT2D eigenvalue weighted by Crippen LogP contribution is 2.17. The average Bonchev–Trinajstić information content (AvgIpc) is 3.00. The van der Waals surface area contributed by atoms with Crippen molar-refractivity contribution in [2.75, 3.05) is 18.8 Å². The first-order valence-corrected chi connectivity index (χ1v) is 7.69. The summed E-state index contributed by atoms with van der Waals surface area (Å²) >= 11 is 1.20. The van der Waals surface area contributed by atoms with Crippen LogP contribution < -0.4 is 10.6 Å². The molecule has 0 saturated carbocycles. The molecule has 2 rings (SSSR count). The van der Waals surface area contributed by atoms with E-state index in [-0.39, 0.29) is 24.1 Å². The van der Waals surface area contributed by atoms with Gasteiger partial charge in [-0.2, -0.15) is 4.68 Å². The van der Waals surface area contributed by atoms with E-state index in [2.05, 4.69) is 26.2 Å². The maximum Gasteiger partial charge on any atom is 0.239 e. The summed E-state index contributed by atoms with van der Waals surface area (Å²) < 4.78 is 1.56. The third-order valence-corrected chi connectivity index (χ3v) is 3.51. The normalized spacial score (nSPS) is 10.2. The number of rotatable bonds is 7. The van der Waals surface area contributed by atoms with E-state index in [0.717, 1.165) is 5.69 Å². The highest BCUT2D eigenvalue weighted by molar-refractivity contribution is 7.99. The molecule has 0 aliphatic carbocycles. The van der Waals surface area contributed by atoms with Crippen molar-refractivity contribution in [1.29, 1.82) is 0 Å². The maximum atomic E-state index is 11.7. The van der Waals surface area contributed by atoms with Gasteiger partial charge in [0.1, 0.15) is 0 Å². The zero-order valence-electron chi connectivity index (χ0n) is 12.0. The Bertz CT molecular complexity index is 630. The predicted octanol–water partition coefficient (Wildman–Crippen LogP) is 0.00670. The number of hydrogen-bond donors (Lipinski definition) is 2. The molecular formula is C13H16N6O2S. The molecule has 2 N–H and O–H groups in total. The molecule has 0 saturated heterocycles. The van der Waals surface area contributed by atoms with Crippen LogP contribution in [0.25, 0.3) is 5.69 Å². The van der Waals surface area contributed by atoms with Gasteiger partial charge in [-0.3, -0.25) is 9.59 Å². The number of hydrogen-bond acceptors (Lipinski definition) is 6. The number of thioether (sulfide) groups is 1. The van der Waals surface area contributed by atoms with E-state index < -0.39 is 0 Å². The number of aromatic nitrogens is 4. The van der Waals surface area contributed by atoms with Crippen LogP contribution in [0.5, 0.6) is 0 Å². The van der Waals surface area contributed by atoms with Crippen molar-refractivity contribution < 1.29 is 9.59 Å². The minimum atomic E-state index is -0.251. The molecule has 2 aromatic rings. The van der Waals surface area contributed by atoms with Gasteiger partial charge in [-0.15, -0.1) is 5.10 Å². The Kier molecular flexibility index (Phi) is 5.90. The second kappa shape index (κ2) is 8.13. The van der Waals surface area contributed by atoms with E-state index in [1.165, 1.54) is 11.8 Å². The lowest BCUT2D eigenvalue weighted by Gasteiger charge is -2.05. The summed E-state index contributed by atoms with van der Waals surface area (Å²) in [5, 5.41) is 17.1. The molecule has 9 heteroatoms. The molecule has 0 aliphatic rings. The van der Waals surface area contributed by atoms with Crippen LogP contribution in [-0.4, -0.2) is 50.9 Å². The smallest absolute Gasteiger partial charge is 0.239 e.